The Morgan fingerprint density at radius 2 is 1.87 bits per heavy atom. The molecule has 0 fully saturated rings. The van der Waals surface area contributed by atoms with Gasteiger partial charge in [0.15, 0.2) is 0 Å². The number of methoxy groups -OCH3 is 1. The van der Waals surface area contributed by atoms with Gasteiger partial charge in [0.1, 0.15) is 0 Å². The fourth-order valence-corrected chi connectivity index (χ4v) is 1.90. The van der Waals surface area contributed by atoms with Crippen molar-refractivity contribution in [3.8, 4) is 6.07 Å². The smallest absolute Gasteiger partial charge is 0.337 e. The molecule has 0 unspecified atom stereocenters. The van der Waals surface area contributed by atoms with Crippen molar-refractivity contribution in [2.75, 3.05) is 24.3 Å². The number of carbonyl (C=O) groups excluding carboxylic acids is 2. The van der Waals surface area contributed by atoms with E-state index in [-0.39, 0.29) is 12.5 Å². The first-order valence-corrected chi connectivity index (χ1v) is 6.84. The maximum atomic E-state index is 11.9. The number of hydrogen-bond donors (Lipinski definition) is 2. The zero-order valence-corrected chi connectivity index (χ0v) is 12.5. The number of hydrogen-bond acceptors (Lipinski definition) is 5. The minimum atomic E-state index is -0.410. The van der Waals surface area contributed by atoms with Gasteiger partial charge in [-0.25, -0.2) is 4.79 Å². The normalized spacial score (nSPS) is 9.57. The molecule has 2 aromatic carbocycles. The van der Waals surface area contributed by atoms with Crippen molar-refractivity contribution in [3.05, 3.63) is 59.7 Å². The molecule has 0 aliphatic rings. The second kappa shape index (κ2) is 7.61. The minimum absolute atomic E-state index is 0.0638. The lowest BCUT2D eigenvalue weighted by Crippen LogP contribution is -2.21. The standard InChI is InChI=1S/C17H15N3O3/c1-23-17(22)13-5-7-14(8-6-13)19-11-16(21)20-15-4-2-3-12(9-15)10-18/h2-9,19H,11H2,1H3,(H,20,21). The van der Waals surface area contributed by atoms with Crippen LogP contribution in [-0.2, 0) is 9.53 Å². The van der Waals surface area contributed by atoms with Gasteiger partial charge < -0.3 is 15.4 Å². The summed E-state index contributed by atoms with van der Waals surface area (Å²) in [5.74, 6) is -0.649. The molecule has 0 saturated heterocycles. The molecule has 0 aliphatic heterocycles. The summed E-state index contributed by atoms with van der Waals surface area (Å²) in [6.45, 7) is 0.0638. The molecule has 0 aromatic heterocycles. The average Bonchev–Trinajstić information content (AvgIpc) is 2.60. The van der Waals surface area contributed by atoms with E-state index in [1.165, 1.54) is 7.11 Å². The lowest BCUT2D eigenvalue weighted by molar-refractivity contribution is -0.114. The van der Waals surface area contributed by atoms with E-state index in [2.05, 4.69) is 15.4 Å². The van der Waals surface area contributed by atoms with Crippen LogP contribution in [0.2, 0.25) is 0 Å². The monoisotopic (exact) mass is 309 g/mol. The number of nitrogens with zero attached hydrogens (tertiary/aromatic N) is 1. The summed E-state index contributed by atoms with van der Waals surface area (Å²) in [7, 11) is 1.32. The van der Waals surface area contributed by atoms with Gasteiger partial charge in [-0.05, 0) is 42.5 Å². The summed E-state index contributed by atoms with van der Waals surface area (Å²) < 4.78 is 4.61. The molecule has 0 radical (unpaired) electrons. The average molecular weight is 309 g/mol. The molecule has 0 atom stereocenters. The van der Waals surface area contributed by atoms with Gasteiger partial charge in [0.25, 0.3) is 0 Å². The van der Waals surface area contributed by atoms with Crippen LogP contribution in [0.1, 0.15) is 15.9 Å². The third-order valence-corrected chi connectivity index (χ3v) is 3.03. The number of ether oxygens (including phenoxy) is 1. The molecule has 6 nitrogen and oxygen atoms in total. The summed E-state index contributed by atoms with van der Waals surface area (Å²) in [5, 5.41) is 14.5. The van der Waals surface area contributed by atoms with Gasteiger partial charge in [0, 0.05) is 11.4 Å². The molecule has 0 aliphatic carbocycles. The number of carbonyl (C=O) groups is 2. The molecule has 0 saturated carbocycles. The van der Waals surface area contributed by atoms with Crippen LogP contribution in [0, 0.1) is 11.3 Å². The second-order valence-electron chi connectivity index (χ2n) is 4.66. The fraction of sp³-hybridized carbons (Fsp3) is 0.118. The van der Waals surface area contributed by atoms with Crippen LogP contribution in [-0.4, -0.2) is 25.5 Å². The van der Waals surface area contributed by atoms with E-state index in [4.69, 9.17) is 5.26 Å². The lowest BCUT2D eigenvalue weighted by Gasteiger charge is -2.08. The number of amides is 1. The highest BCUT2D eigenvalue weighted by molar-refractivity contribution is 5.94. The summed E-state index contributed by atoms with van der Waals surface area (Å²) >= 11 is 0. The molecule has 2 aromatic rings. The molecular formula is C17H15N3O3. The van der Waals surface area contributed by atoms with Crippen LogP contribution < -0.4 is 10.6 Å². The van der Waals surface area contributed by atoms with E-state index in [1.54, 1.807) is 48.5 Å². The van der Waals surface area contributed by atoms with E-state index in [0.717, 1.165) is 0 Å². The Labute approximate surface area is 133 Å². The predicted octanol–water partition coefficient (Wildman–Crippen LogP) is 2.40. The van der Waals surface area contributed by atoms with Crippen molar-refractivity contribution in [3.63, 3.8) is 0 Å². The Morgan fingerprint density at radius 3 is 2.52 bits per heavy atom. The second-order valence-corrected chi connectivity index (χ2v) is 4.66. The van der Waals surface area contributed by atoms with E-state index in [1.807, 2.05) is 6.07 Å². The van der Waals surface area contributed by atoms with Crippen LogP contribution in [0.4, 0.5) is 11.4 Å². The van der Waals surface area contributed by atoms with E-state index < -0.39 is 5.97 Å². The molecule has 0 spiro atoms. The highest BCUT2D eigenvalue weighted by Gasteiger charge is 2.06. The maximum absolute atomic E-state index is 11.9. The van der Waals surface area contributed by atoms with Gasteiger partial charge in [-0.3, -0.25) is 4.79 Å². The van der Waals surface area contributed by atoms with Crippen LogP contribution in [0.15, 0.2) is 48.5 Å². The van der Waals surface area contributed by atoms with Crippen LogP contribution >= 0.6 is 0 Å². The zero-order chi connectivity index (χ0) is 16.7. The van der Waals surface area contributed by atoms with Gasteiger partial charge in [-0.15, -0.1) is 0 Å². The van der Waals surface area contributed by atoms with Crippen LogP contribution in [0.5, 0.6) is 0 Å². The van der Waals surface area contributed by atoms with Gasteiger partial charge in [0.2, 0.25) is 5.91 Å². The SMILES string of the molecule is COC(=O)c1ccc(NCC(=O)Nc2cccc(C#N)c2)cc1. The zero-order valence-electron chi connectivity index (χ0n) is 12.5. The van der Waals surface area contributed by atoms with Crippen molar-refractivity contribution in [1.29, 1.82) is 5.26 Å². The van der Waals surface area contributed by atoms with E-state index in [0.29, 0.717) is 22.5 Å². The number of nitrogens with one attached hydrogen (secondary N) is 2. The molecule has 2 rings (SSSR count). The number of esters is 1. The first kappa shape index (κ1) is 16.0. The minimum Gasteiger partial charge on any atom is -0.465 e. The maximum Gasteiger partial charge on any atom is 0.337 e. The van der Waals surface area contributed by atoms with Crippen LogP contribution in [0.25, 0.3) is 0 Å². The first-order chi connectivity index (χ1) is 11.1. The Kier molecular flexibility index (Phi) is 5.31. The third kappa shape index (κ3) is 4.58. The molecule has 2 N–H and O–H groups in total. The predicted molar refractivity (Wildman–Crippen MR) is 86.1 cm³/mol. The summed E-state index contributed by atoms with van der Waals surface area (Å²) in [6.07, 6.45) is 0. The third-order valence-electron chi connectivity index (χ3n) is 3.03. The van der Waals surface area contributed by atoms with Crippen molar-refractivity contribution in [2.24, 2.45) is 0 Å². The highest BCUT2D eigenvalue weighted by atomic mass is 16.5. The number of anilines is 2. The van der Waals surface area contributed by atoms with E-state index >= 15 is 0 Å². The Balaban J connectivity index is 1.89. The quantitative estimate of drug-likeness (QED) is 0.828. The van der Waals surface area contributed by atoms with Crippen molar-refractivity contribution in [1.82, 2.24) is 0 Å². The number of benzene rings is 2. The first-order valence-electron chi connectivity index (χ1n) is 6.84. The van der Waals surface area contributed by atoms with Gasteiger partial charge in [-0.1, -0.05) is 6.07 Å². The molecule has 23 heavy (non-hydrogen) atoms. The number of nitriles is 1. The largest absolute Gasteiger partial charge is 0.465 e. The van der Waals surface area contributed by atoms with Crippen molar-refractivity contribution in [2.45, 2.75) is 0 Å². The fourth-order valence-electron chi connectivity index (χ4n) is 1.90. The van der Waals surface area contributed by atoms with Gasteiger partial charge in [-0.2, -0.15) is 5.26 Å². The molecule has 116 valence electrons. The Bertz CT molecular complexity index is 748. The topological polar surface area (TPSA) is 91.2 Å². The van der Waals surface area contributed by atoms with Gasteiger partial charge >= 0.3 is 5.97 Å². The van der Waals surface area contributed by atoms with E-state index in [9.17, 15) is 9.59 Å². The molecule has 1 amide bonds. The van der Waals surface area contributed by atoms with Crippen molar-refractivity contribution >= 4 is 23.3 Å². The van der Waals surface area contributed by atoms with Gasteiger partial charge in [0.05, 0.1) is 30.9 Å². The Hall–Kier alpha value is -3.33. The molecule has 0 bridgehead atoms. The number of rotatable bonds is 5. The summed E-state index contributed by atoms with van der Waals surface area (Å²) in [4.78, 5) is 23.2. The summed E-state index contributed by atoms with van der Waals surface area (Å²) in [6, 6.07) is 15.3. The molecule has 6 heteroatoms. The molecule has 0 heterocycles. The summed E-state index contributed by atoms with van der Waals surface area (Å²) in [5.41, 5.74) is 2.19. The van der Waals surface area contributed by atoms with Crippen molar-refractivity contribution < 1.29 is 14.3 Å². The molecular weight excluding hydrogens is 294 g/mol. The Morgan fingerprint density at radius 1 is 1.13 bits per heavy atom. The van der Waals surface area contributed by atoms with Crippen LogP contribution in [0.3, 0.4) is 0 Å². The lowest BCUT2D eigenvalue weighted by atomic mass is 10.2. The highest BCUT2D eigenvalue weighted by Crippen LogP contribution is 2.11.